The number of hydrogen-bond donors (Lipinski definition) is 2. The summed E-state index contributed by atoms with van der Waals surface area (Å²) in [6, 6.07) is 9.16. The average molecular weight is 342 g/mol. The molecule has 1 heterocycles. The Morgan fingerprint density at radius 1 is 1.05 bits per heavy atom. The Kier molecular flexibility index (Phi) is 3.52. The third kappa shape index (κ3) is 2.83. The van der Waals surface area contributed by atoms with Crippen molar-refractivity contribution < 1.29 is 8.42 Å². The number of anilines is 1. The van der Waals surface area contributed by atoms with E-state index in [4.69, 9.17) is 23.2 Å². The lowest BCUT2D eigenvalue weighted by atomic mass is 10.3. The summed E-state index contributed by atoms with van der Waals surface area (Å²) in [5, 5.41) is 0.638. The van der Waals surface area contributed by atoms with Gasteiger partial charge in [-0.25, -0.2) is 13.4 Å². The SMILES string of the molecule is O=S(=O)(Nc1ccc(Cl)c(Cl)c1)c1ccc2nc[nH]c2c1. The monoisotopic (exact) mass is 341 g/mol. The lowest BCUT2D eigenvalue weighted by molar-refractivity contribution is 0.601. The van der Waals surface area contributed by atoms with Gasteiger partial charge in [-0.2, -0.15) is 0 Å². The van der Waals surface area contributed by atoms with Crippen molar-refractivity contribution in [3.05, 3.63) is 52.8 Å². The van der Waals surface area contributed by atoms with E-state index in [1.54, 1.807) is 12.1 Å². The van der Waals surface area contributed by atoms with Crippen molar-refractivity contribution in [1.29, 1.82) is 0 Å². The Morgan fingerprint density at radius 3 is 2.62 bits per heavy atom. The van der Waals surface area contributed by atoms with Crippen LogP contribution in [-0.2, 0) is 10.0 Å². The zero-order valence-corrected chi connectivity index (χ0v) is 12.8. The number of aromatic nitrogens is 2. The van der Waals surface area contributed by atoms with Gasteiger partial charge in [-0.1, -0.05) is 23.2 Å². The van der Waals surface area contributed by atoms with Gasteiger partial charge in [-0.15, -0.1) is 0 Å². The number of aromatic amines is 1. The van der Waals surface area contributed by atoms with Crippen LogP contribution in [-0.4, -0.2) is 18.4 Å². The quantitative estimate of drug-likeness (QED) is 0.763. The van der Waals surface area contributed by atoms with Gasteiger partial charge in [-0.05, 0) is 36.4 Å². The van der Waals surface area contributed by atoms with Crippen molar-refractivity contribution >= 4 is 49.9 Å². The van der Waals surface area contributed by atoms with Crippen LogP contribution in [0.2, 0.25) is 10.0 Å². The summed E-state index contributed by atoms with van der Waals surface area (Å²) in [6.45, 7) is 0. The van der Waals surface area contributed by atoms with Crippen LogP contribution in [0.5, 0.6) is 0 Å². The number of fused-ring (bicyclic) bond motifs is 1. The first-order valence-electron chi connectivity index (χ1n) is 5.87. The first kappa shape index (κ1) is 14.2. The molecule has 21 heavy (non-hydrogen) atoms. The zero-order chi connectivity index (χ0) is 15.0. The molecule has 0 radical (unpaired) electrons. The molecule has 0 aliphatic carbocycles. The molecule has 1 aromatic heterocycles. The van der Waals surface area contributed by atoms with Crippen molar-refractivity contribution in [1.82, 2.24) is 9.97 Å². The molecule has 5 nitrogen and oxygen atoms in total. The zero-order valence-electron chi connectivity index (χ0n) is 10.5. The predicted molar refractivity (Wildman–Crippen MR) is 83.4 cm³/mol. The van der Waals surface area contributed by atoms with E-state index in [1.807, 2.05) is 0 Å². The maximum atomic E-state index is 12.3. The van der Waals surface area contributed by atoms with E-state index >= 15 is 0 Å². The fraction of sp³-hybridized carbons (Fsp3) is 0. The molecule has 2 N–H and O–H groups in total. The number of nitrogens with one attached hydrogen (secondary N) is 2. The second-order valence-corrected chi connectivity index (χ2v) is 6.81. The van der Waals surface area contributed by atoms with Gasteiger partial charge in [0.15, 0.2) is 0 Å². The van der Waals surface area contributed by atoms with Crippen molar-refractivity contribution in [2.75, 3.05) is 4.72 Å². The fourth-order valence-corrected chi connectivity index (χ4v) is 3.23. The van der Waals surface area contributed by atoms with E-state index in [1.165, 1.54) is 30.6 Å². The van der Waals surface area contributed by atoms with Crippen LogP contribution in [0.25, 0.3) is 11.0 Å². The second-order valence-electron chi connectivity index (χ2n) is 4.32. The maximum Gasteiger partial charge on any atom is 0.261 e. The Hall–Kier alpha value is -1.76. The lowest BCUT2D eigenvalue weighted by Crippen LogP contribution is -2.12. The number of hydrogen-bond acceptors (Lipinski definition) is 3. The summed E-state index contributed by atoms with van der Waals surface area (Å²) in [5.74, 6) is 0. The number of imidazole rings is 1. The number of H-pyrrole nitrogens is 1. The standard InChI is InChI=1S/C13H9Cl2N3O2S/c14-10-3-1-8(5-11(10)15)18-21(19,20)9-2-4-12-13(6-9)17-7-16-12/h1-7,18H,(H,16,17). The van der Waals surface area contributed by atoms with E-state index in [-0.39, 0.29) is 9.92 Å². The highest BCUT2D eigenvalue weighted by atomic mass is 35.5. The van der Waals surface area contributed by atoms with Crippen molar-refractivity contribution in [2.24, 2.45) is 0 Å². The van der Waals surface area contributed by atoms with Gasteiger partial charge in [0.1, 0.15) is 0 Å². The molecular formula is C13H9Cl2N3O2S. The van der Waals surface area contributed by atoms with Gasteiger partial charge in [0, 0.05) is 0 Å². The molecule has 0 aliphatic heterocycles. The molecule has 8 heteroatoms. The average Bonchev–Trinajstić information content (AvgIpc) is 2.90. The first-order chi connectivity index (χ1) is 9.95. The van der Waals surface area contributed by atoms with Crippen molar-refractivity contribution in [3.63, 3.8) is 0 Å². The van der Waals surface area contributed by atoms with Gasteiger partial charge >= 0.3 is 0 Å². The molecular weight excluding hydrogens is 333 g/mol. The summed E-state index contributed by atoms with van der Waals surface area (Å²) in [4.78, 5) is 7.04. The minimum atomic E-state index is -3.71. The van der Waals surface area contributed by atoms with Crippen LogP contribution in [0.15, 0.2) is 47.6 Å². The molecule has 0 amide bonds. The molecule has 0 saturated heterocycles. The molecule has 108 valence electrons. The van der Waals surface area contributed by atoms with E-state index in [0.717, 1.165) is 0 Å². The Bertz CT molecular complexity index is 922. The summed E-state index contributed by atoms with van der Waals surface area (Å²) in [7, 11) is -3.71. The lowest BCUT2D eigenvalue weighted by Gasteiger charge is -2.09. The summed E-state index contributed by atoms with van der Waals surface area (Å²) in [5.41, 5.74) is 1.68. The molecule has 0 bridgehead atoms. The second kappa shape index (κ2) is 5.22. The van der Waals surface area contributed by atoms with Crippen molar-refractivity contribution in [3.8, 4) is 0 Å². The topological polar surface area (TPSA) is 74.8 Å². The van der Waals surface area contributed by atoms with E-state index in [0.29, 0.717) is 21.7 Å². The number of rotatable bonds is 3. The molecule has 0 saturated carbocycles. The Balaban J connectivity index is 1.97. The van der Waals surface area contributed by atoms with Gasteiger partial charge in [0.05, 0.1) is 38.0 Å². The molecule has 0 spiro atoms. The van der Waals surface area contributed by atoms with Crippen molar-refractivity contribution in [2.45, 2.75) is 4.90 Å². The van der Waals surface area contributed by atoms with Crippen LogP contribution in [0.1, 0.15) is 0 Å². The number of nitrogens with zero attached hydrogens (tertiary/aromatic N) is 1. The highest BCUT2D eigenvalue weighted by Gasteiger charge is 2.15. The largest absolute Gasteiger partial charge is 0.345 e. The Morgan fingerprint density at radius 2 is 1.86 bits per heavy atom. The van der Waals surface area contributed by atoms with Crippen LogP contribution < -0.4 is 4.72 Å². The number of halogens is 2. The third-order valence-corrected chi connectivity index (χ3v) is 4.99. The highest BCUT2D eigenvalue weighted by molar-refractivity contribution is 7.92. The number of benzene rings is 2. The van der Waals surface area contributed by atoms with E-state index in [2.05, 4.69) is 14.7 Å². The van der Waals surface area contributed by atoms with Gasteiger partial charge < -0.3 is 4.98 Å². The van der Waals surface area contributed by atoms with Crippen LogP contribution in [0, 0.1) is 0 Å². The van der Waals surface area contributed by atoms with Crippen LogP contribution >= 0.6 is 23.2 Å². The summed E-state index contributed by atoms with van der Waals surface area (Å²) in [6.07, 6.45) is 1.51. The molecule has 3 aromatic rings. The molecule has 2 aromatic carbocycles. The molecule has 0 atom stereocenters. The number of sulfonamides is 1. The van der Waals surface area contributed by atoms with E-state index < -0.39 is 10.0 Å². The van der Waals surface area contributed by atoms with E-state index in [9.17, 15) is 8.42 Å². The maximum absolute atomic E-state index is 12.3. The van der Waals surface area contributed by atoms with Crippen LogP contribution in [0.4, 0.5) is 5.69 Å². The molecule has 0 aliphatic rings. The smallest absolute Gasteiger partial charge is 0.261 e. The van der Waals surface area contributed by atoms with Gasteiger partial charge in [0.2, 0.25) is 0 Å². The van der Waals surface area contributed by atoms with Gasteiger partial charge in [0.25, 0.3) is 10.0 Å². The minimum Gasteiger partial charge on any atom is -0.345 e. The fourth-order valence-electron chi connectivity index (χ4n) is 1.86. The van der Waals surface area contributed by atoms with Gasteiger partial charge in [-0.3, -0.25) is 4.72 Å². The summed E-state index contributed by atoms with van der Waals surface area (Å²) < 4.78 is 27.1. The Labute approximate surface area is 131 Å². The molecule has 0 fully saturated rings. The third-order valence-electron chi connectivity index (χ3n) is 2.87. The minimum absolute atomic E-state index is 0.130. The normalized spacial score (nSPS) is 11.7. The highest BCUT2D eigenvalue weighted by Crippen LogP contribution is 2.27. The molecule has 3 rings (SSSR count). The predicted octanol–water partition coefficient (Wildman–Crippen LogP) is 3.67. The first-order valence-corrected chi connectivity index (χ1v) is 8.11. The van der Waals surface area contributed by atoms with Crippen LogP contribution in [0.3, 0.4) is 0 Å². The molecule has 0 unspecified atom stereocenters. The summed E-state index contributed by atoms with van der Waals surface area (Å²) >= 11 is 11.7.